The van der Waals surface area contributed by atoms with Gasteiger partial charge in [0.1, 0.15) is 17.6 Å². The first kappa shape index (κ1) is 14.0. The maximum Gasteiger partial charge on any atom is 0.339 e. The van der Waals surface area contributed by atoms with E-state index < -0.39 is 5.97 Å². The summed E-state index contributed by atoms with van der Waals surface area (Å²) in [4.78, 5) is 19.4. The fourth-order valence-corrected chi connectivity index (χ4v) is 1.74. The molecular weight excluding hydrogens is 256 g/mol. The third kappa shape index (κ3) is 3.12. The molecule has 5 nitrogen and oxygen atoms in total. The van der Waals surface area contributed by atoms with E-state index in [1.165, 1.54) is 6.33 Å². The Bertz CT molecular complexity index is 639. The number of hydrogen-bond acceptors (Lipinski definition) is 4. The molecule has 5 heteroatoms. The van der Waals surface area contributed by atoms with Gasteiger partial charge in [0.15, 0.2) is 0 Å². The van der Waals surface area contributed by atoms with Crippen molar-refractivity contribution in [2.24, 2.45) is 0 Å². The molecule has 0 fully saturated rings. The van der Waals surface area contributed by atoms with Crippen molar-refractivity contribution in [2.45, 2.75) is 26.7 Å². The Morgan fingerprint density at radius 3 is 2.65 bits per heavy atom. The van der Waals surface area contributed by atoms with Crippen molar-refractivity contribution in [1.29, 1.82) is 0 Å². The molecule has 0 unspecified atom stereocenters. The normalized spacial score (nSPS) is 10.6. The number of benzene rings is 1. The van der Waals surface area contributed by atoms with Crippen LogP contribution in [0.15, 0.2) is 30.6 Å². The third-order valence-electron chi connectivity index (χ3n) is 2.83. The molecule has 1 aromatic carbocycles. The van der Waals surface area contributed by atoms with Crippen molar-refractivity contribution in [2.75, 3.05) is 0 Å². The van der Waals surface area contributed by atoms with Gasteiger partial charge in [-0.3, -0.25) is 0 Å². The van der Waals surface area contributed by atoms with Gasteiger partial charge in [0, 0.05) is 6.07 Å². The molecule has 0 aliphatic rings. The number of carbonyl (C=O) groups is 1. The first-order chi connectivity index (χ1) is 9.47. The van der Waals surface area contributed by atoms with E-state index in [9.17, 15) is 9.90 Å². The lowest BCUT2D eigenvalue weighted by molar-refractivity contribution is 0.0694. The number of aryl methyl sites for hydroxylation is 1. The lowest BCUT2D eigenvalue weighted by Crippen LogP contribution is -2.02. The zero-order valence-corrected chi connectivity index (χ0v) is 11.6. The highest BCUT2D eigenvalue weighted by atomic mass is 16.5. The van der Waals surface area contributed by atoms with Crippen molar-refractivity contribution < 1.29 is 14.6 Å². The Labute approximate surface area is 117 Å². The molecule has 0 saturated heterocycles. The quantitative estimate of drug-likeness (QED) is 0.923. The average molecular weight is 272 g/mol. The van der Waals surface area contributed by atoms with Crippen LogP contribution in [0.3, 0.4) is 0 Å². The number of carboxylic acid groups (broad SMARTS) is 1. The average Bonchev–Trinajstić information content (AvgIpc) is 2.41. The zero-order valence-electron chi connectivity index (χ0n) is 11.6. The lowest BCUT2D eigenvalue weighted by atomic mass is 10.1. The number of nitrogens with zero attached hydrogens (tertiary/aromatic N) is 2. The Morgan fingerprint density at radius 1 is 1.25 bits per heavy atom. The molecule has 0 atom stereocenters. The monoisotopic (exact) mass is 272 g/mol. The van der Waals surface area contributed by atoms with Gasteiger partial charge in [-0.25, -0.2) is 14.8 Å². The molecule has 2 rings (SSSR count). The van der Waals surface area contributed by atoms with Crippen LogP contribution in [0.25, 0.3) is 0 Å². The topological polar surface area (TPSA) is 72.3 Å². The Hall–Kier alpha value is -2.43. The zero-order chi connectivity index (χ0) is 14.7. The van der Waals surface area contributed by atoms with Crippen molar-refractivity contribution >= 4 is 5.97 Å². The first-order valence-electron chi connectivity index (χ1n) is 6.31. The van der Waals surface area contributed by atoms with E-state index in [0.717, 1.165) is 11.3 Å². The highest BCUT2D eigenvalue weighted by Crippen LogP contribution is 2.26. The van der Waals surface area contributed by atoms with Crippen LogP contribution in [0, 0.1) is 6.92 Å². The standard InChI is InChI=1S/C15H16N2O3/c1-9(2)12-7-14(17-8-16-12)20-13-5-4-10(3)6-11(13)15(18)19/h4-9H,1-3H3,(H,18,19). The molecule has 0 bridgehead atoms. The predicted octanol–water partition coefficient (Wildman–Crippen LogP) is 3.40. The van der Waals surface area contributed by atoms with Gasteiger partial charge in [-0.15, -0.1) is 0 Å². The maximum absolute atomic E-state index is 11.2. The van der Waals surface area contributed by atoms with Crippen LogP contribution >= 0.6 is 0 Å². The highest BCUT2D eigenvalue weighted by molar-refractivity contribution is 5.91. The predicted molar refractivity (Wildman–Crippen MR) is 74.3 cm³/mol. The number of rotatable bonds is 4. The van der Waals surface area contributed by atoms with Crippen molar-refractivity contribution in [1.82, 2.24) is 9.97 Å². The molecule has 1 heterocycles. The molecule has 20 heavy (non-hydrogen) atoms. The summed E-state index contributed by atoms with van der Waals surface area (Å²) in [5.41, 5.74) is 1.83. The maximum atomic E-state index is 11.2. The van der Waals surface area contributed by atoms with Crippen LogP contribution in [0.4, 0.5) is 0 Å². The van der Waals surface area contributed by atoms with Crippen LogP contribution in [-0.2, 0) is 0 Å². The molecule has 0 aliphatic heterocycles. The van der Waals surface area contributed by atoms with Crippen LogP contribution in [0.1, 0.15) is 41.4 Å². The molecule has 0 spiro atoms. The summed E-state index contributed by atoms with van der Waals surface area (Å²) in [7, 11) is 0. The van der Waals surface area contributed by atoms with Gasteiger partial charge in [0.05, 0.1) is 5.69 Å². The van der Waals surface area contributed by atoms with E-state index in [2.05, 4.69) is 9.97 Å². The second kappa shape index (κ2) is 5.69. The van der Waals surface area contributed by atoms with Crippen molar-refractivity contribution in [3.05, 3.63) is 47.4 Å². The van der Waals surface area contributed by atoms with E-state index in [1.54, 1.807) is 24.3 Å². The van der Waals surface area contributed by atoms with Gasteiger partial charge in [0.2, 0.25) is 5.88 Å². The number of ether oxygens (including phenoxy) is 1. The molecule has 0 aliphatic carbocycles. The molecule has 2 aromatic rings. The Kier molecular flexibility index (Phi) is 3.98. The van der Waals surface area contributed by atoms with E-state index in [0.29, 0.717) is 5.88 Å². The van der Waals surface area contributed by atoms with Gasteiger partial charge in [-0.1, -0.05) is 25.5 Å². The minimum Gasteiger partial charge on any atom is -0.478 e. The Balaban J connectivity index is 2.35. The van der Waals surface area contributed by atoms with Crippen molar-refractivity contribution in [3.63, 3.8) is 0 Å². The molecule has 104 valence electrons. The van der Waals surface area contributed by atoms with Crippen LogP contribution in [-0.4, -0.2) is 21.0 Å². The lowest BCUT2D eigenvalue weighted by Gasteiger charge is -2.10. The molecule has 1 aromatic heterocycles. The summed E-state index contributed by atoms with van der Waals surface area (Å²) in [6.45, 7) is 5.86. The summed E-state index contributed by atoms with van der Waals surface area (Å²) >= 11 is 0. The van der Waals surface area contributed by atoms with E-state index in [4.69, 9.17) is 4.74 Å². The second-order valence-corrected chi connectivity index (χ2v) is 4.84. The number of aromatic nitrogens is 2. The van der Waals surface area contributed by atoms with E-state index in [-0.39, 0.29) is 17.2 Å². The number of hydrogen-bond donors (Lipinski definition) is 1. The first-order valence-corrected chi connectivity index (χ1v) is 6.31. The second-order valence-electron chi connectivity index (χ2n) is 4.84. The molecule has 1 N–H and O–H groups in total. The fraction of sp³-hybridized carbons (Fsp3) is 0.267. The van der Waals surface area contributed by atoms with Crippen molar-refractivity contribution in [3.8, 4) is 11.6 Å². The summed E-state index contributed by atoms with van der Waals surface area (Å²) in [6, 6.07) is 6.72. The van der Waals surface area contributed by atoms with Gasteiger partial charge in [-0.2, -0.15) is 0 Å². The minimum atomic E-state index is -1.03. The summed E-state index contributed by atoms with van der Waals surface area (Å²) in [5.74, 6) is -0.161. The molecular formula is C15H16N2O3. The number of carboxylic acids is 1. The Morgan fingerprint density at radius 2 is 2.00 bits per heavy atom. The molecule has 0 radical (unpaired) electrons. The summed E-state index contributed by atoms with van der Waals surface area (Å²) in [6.07, 6.45) is 1.42. The summed E-state index contributed by atoms with van der Waals surface area (Å²) < 4.78 is 5.58. The molecule has 0 saturated carbocycles. The third-order valence-corrected chi connectivity index (χ3v) is 2.83. The number of aromatic carboxylic acids is 1. The van der Waals surface area contributed by atoms with Gasteiger partial charge in [0.25, 0.3) is 0 Å². The summed E-state index contributed by atoms with van der Waals surface area (Å²) in [5, 5.41) is 9.20. The highest BCUT2D eigenvalue weighted by Gasteiger charge is 2.13. The minimum absolute atomic E-state index is 0.120. The fourth-order valence-electron chi connectivity index (χ4n) is 1.74. The van der Waals surface area contributed by atoms with Gasteiger partial charge in [-0.05, 0) is 25.0 Å². The van der Waals surface area contributed by atoms with Gasteiger partial charge >= 0.3 is 5.97 Å². The smallest absolute Gasteiger partial charge is 0.339 e. The van der Waals surface area contributed by atoms with E-state index in [1.807, 2.05) is 20.8 Å². The van der Waals surface area contributed by atoms with Crippen LogP contribution < -0.4 is 4.74 Å². The molecule has 0 amide bonds. The SMILES string of the molecule is Cc1ccc(Oc2cc(C(C)C)ncn2)c(C(=O)O)c1. The van der Waals surface area contributed by atoms with E-state index >= 15 is 0 Å². The van der Waals surface area contributed by atoms with Gasteiger partial charge < -0.3 is 9.84 Å². The largest absolute Gasteiger partial charge is 0.478 e. The van der Waals surface area contributed by atoms with Crippen LogP contribution in [0.5, 0.6) is 11.6 Å². The van der Waals surface area contributed by atoms with Crippen LogP contribution in [0.2, 0.25) is 0 Å².